The first-order valence-electron chi connectivity index (χ1n) is 6.78. The number of nitrogens with one attached hydrogen (secondary N) is 1. The van der Waals surface area contributed by atoms with Gasteiger partial charge in [0.25, 0.3) is 5.91 Å². The number of anilines is 1. The van der Waals surface area contributed by atoms with Crippen molar-refractivity contribution in [2.24, 2.45) is 0 Å². The van der Waals surface area contributed by atoms with Crippen LogP contribution in [0.4, 0.5) is 5.69 Å². The molecule has 1 aliphatic heterocycles. The van der Waals surface area contributed by atoms with Gasteiger partial charge in [-0.15, -0.1) is 0 Å². The Kier molecular flexibility index (Phi) is 4.20. The van der Waals surface area contributed by atoms with E-state index in [2.05, 4.69) is 5.32 Å². The van der Waals surface area contributed by atoms with Crippen LogP contribution in [0.3, 0.4) is 0 Å². The smallest absolute Gasteiger partial charge is 0.256 e. The lowest BCUT2D eigenvalue weighted by Gasteiger charge is -2.09. The lowest BCUT2D eigenvalue weighted by molar-refractivity contribution is -0.110. The van der Waals surface area contributed by atoms with Crippen LogP contribution in [-0.4, -0.2) is 20.1 Å². The van der Waals surface area contributed by atoms with Crippen molar-refractivity contribution in [2.75, 3.05) is 19.5 Å². The molecule has 3 rings (SSSR count). The number of halogens is 2. The molecule has 0 radical (unpaired) electrons. The molecule has 0 bridgehead atoms. The third-order valence-corrected chi connectivity index (χ3v) is 4.30. The average Bonchev–Trinajstić information content (AvgIpc) is 2.84. The molecule has 0 saturated heterocycles. The van der Waals surface area contributed by atoms with Crippen LogP contribution in [0.1, 0.15) is 11.1 Å². The molecule has 0 aliphatic carbocycles. The zero-order valence-corrected chi connectivity index (χ0v) is 14.0. The van der Waals surface area contributed by atoms with Crippen molar-refractivity contribution < 1.29 is 14.3 Å². The van der Waals surface area contributed by atoms with Crippen LogP contribution in [0.2, 0.25) is 10.0 Å². The average molecular weight is 350 g/mol. The first-order valence-corrected chi connectivity index (χ1v) is 7.53. The van der Waals surface area contributed by atoms with E-state index in [1.165, 1.54) is 0 Å². The highest BCUT2D eigenvalue weighted by Crippen LogP contribution is 2.41. The van der Waals surface area contributed by atoms with E-state index in [0.717, 1.165) is 11.1 Å². The van der Waals surface area contributed by atoms with Gasteiger partial charge in [0.15, 0.2) is 11.5 Å². The summed E-state index contributed by atoms with van der Waals surface area (Å²) in [7, 11) is 3.10. The Hall–Kier alpha value is -2.17. The predicted octanol–water partition coefficient (Wildman–Crippen LogP) is 4.50. The highest BCUT2D eigenvalue weighted by Gasteiger charge is 2.26. The molecule has 1 heterocycles. The Labute approximate surface area is 143 Å². The van der Waals surface area contributed by atoms with E-state index < -0.39 is 0 Å². The van der Waals surface area contributed by atoms with Gasteiger partial charge in [0, 0.05) is 17.2 Å². The molecule has 0 saturated carbocycles. The number of hydrogen-bond acceptors (Lipinski definition) is 3. The van der Waals surface area contributed by atoms with Gasteiger partial charge in [-0.05, 0) is 29.8 Å². The number of hydrogen-bond donors (Lipinski definition) is 1. The second kappa shape index (κ2) is 6.14. The summed E-state index contributed by atoms with van der Waals surface area (Å²) in [5.74, 6) is 0.923. The summed E-state index contributed by atoms with van der Waals surface area (Å²) in [6.07, 6.45) is 1.76. The zero-order chi connectivity index (χ0) is 16.6. The van der Waals surface area contributed by atoms with E-state index in [0.29, 0.717) is 32.8 Å². The molecule has 23 heavy (non-hydrogen) atoms. The van der Waals surface area contributed by atoms with Crippen molar-refractivity contribution >= 4 is 46.4 Å². The number of amides is 1. The summed E-state index contributed by atoms with van der Waals surface area (Å²) in [5, 5.41) is 3.72. The number of benzene rings is 2. The van der Waals surface area contributed by atoms with Gasteiger partial charge in [-0.25, -0.2) is 0 Å². The molecule has 4 nitrogen and oxygen atoms in total. The zero-order valence-electron chi connectivity index (χ0n) is 12.4. The Morgan fingerprint density at radius 3 is 2.35 bits per heavy atom. The predicted molar refractivity (Wildman–Crippen MR) is 92.5 cm³/mol. The van der Waals surface area contributed by atoms with E-state index in [-0.39, 0.29) is 5.91 Å². The van der Waals surface area contributed by atoms with Gasteiger partial charge in [-0.1, -0.05) is 29.3 Å². The van der Waals surface area contributed by atoms with E-state index in [1.54, 1.807) is 50.6 Å². The molecule has 1 aliphatic rings. The van der Waals surface area contributed by atoms with E-state index in [1.807, 2.05) is 0 Å². The number of methoxy groups -OCH3 is 2. The summed E-state index contributed by atoms with van der Waals surface area (Å²) in [6, 6.07) is 8.71. The molecule has 6 heteroatoms. The molecule has 0 aromatic heterocycles. The van der Waals surface area contributed by atoms with Gasteiger partial charge < -0.3 is 14.8 Å². The summed E-state index contributed by atoms with van der Waals surface area (Å²) in [4.78, 5) is 12.3. The van der Waals surface area contributed by atoms with E-state index in [4.69, 9.17) is 32.7 Å². The Morgan fingerprint density at radius 1 is 1.00 bits per heavy atom. The van der Waals surface area contributed by atoms with E-state index in [9.17, 15) is 4.79 Å². The number of ether oxygens (including phenoxy) is 2. The van der Waals surface area contributed by atoms with Crippen LogP contribution in [0.15, 0.2) is 30.3 Å². The Morgan fingerprint density at radius 2 is 1.70 bits per heavy atom. The molecule has 118 valence electrons. The SMILES string of the molecule is COc1cc2c(cc1OC)/C(=C/c1ccc(Cl)c(Cl)c1)C(=O)N2. The largest absolute Gasteiger partial charge is 0.493 e. The van der Waals surface area contributed by atoms with Crippen LogP contribution in [0.5, 0.6) is 11.5 Å². The van der Waals surface area contributed by atoms with Gasteiger partial charge in [-0.3, -0.25) is 4.79 Å². The number of carbonyl (C=O) groups is 1. The number of fused-ring (bicyclic) bond motifs is 1. The molecule has 0 unspecified atom stereocenters. The van der Waals surface area contributed by atoms with Crippen LogP contribution in [-0.2, 0) is 4.79 Å². The molecule has 0 spiro atoms. The molecule has 0 fully saturated rings. The van der Waals surface area contributed by atoms with Crippen LogP contribution >= 0.6 is 23.2 Å². The van der Waals surface area contributed by atoms with Crippen molar-refractivity contribution in [3.63, 3.8) is 0 Å². The standard InChI is InChI=1S/C17H13Cl2NO3/c1-22-15-7-10-11(5-9-3-4-12(18)13(19)6-9)17(21)20-14(10)8-16(15)23-2/h3-8H,1-2H3,(H,20,21)/b11-5-. The molecular formula is C17H13Cl2NO3. The van der Waals surface area contributed by atoms with Crippen molar-refractivity contribution in [1.82, 2.24) is 0 Å². The second-order valence-corrected chi connectivity index (χ2v) is 5.75. The summed E-state index contributed by atoms with van der Waals surface area (Å²) < 4.78 is 10.6. The van der Waals surface area contributed by atoms with Crippen LogP contribution < -0.4 is 14.8 Å². The van der Waals surface area contributed by atoms with Crippen molar-refractivity contribution in [3.05, 3.63) is 51.5 Å². The van der Waals surface area contributed by atoms with Gasteiger partial charge in [0.2, 0.25) is 0 Å². The van der Waals surface area contributed by atoms with Gasteiger partial charge in [-0.2, -0.15) is 0 Å². The summed E-state index contributed by atoms with van der Waals surface area (Å²) in [5.41, 5.74) is 2.74. The summed E-state index contributed by atoms with van der Waals surface area (Å²) in [6.45, 7) is 0. The molecule has 0 atom stereocenters. The number of carbonyl (C=O) groups excluding carboxylic acids is 1. The molecular weight excluding hydrogens is 337 g/mol. The fraction of sp³-hybridized carbons (Fsp3) is 0.118. The van der Waals surface area contributed by atoms with Gasteiger partial charge >= 0.3 is 0 Å². The fourth-order valence-electron chi connectivity index (χ4n) is 2.43. The molecule has 2 aromatic carbocycles. The molecule has 1 N–H and O–H groups in total. The maximum absolute atomic E-state index is 12.3. The minimum Gasteiger partial charge on any atom is -0.493 e. The second-order valence-electron chi connectivity index (χ2n) is 4.94. The van der Waals surface area contributed by atoms with Crippen LogP contribution in [0.25, 0.3) is 11.6 Å². The minimum absolute atomic E-state index is 0.193. The van der Waals surface area contributed by atoms with Crippen molar-refractivity contribution in [2.45, 2.75) is 0 Å². The lowest BCUT2D eigenvalue weighted by atomic mass is 10.0. The van der Waals surface area contributed by atoms with Gasteiger partial charge in [0.05, 0.1) is 30.0 Å². The van der Waals surface area contributed by atoms with Crippen molar-refractivity contribution in [1.29, 1.82) is 0 Å². The number of rotatable bonds is 3. The minimum atomic E-state index is -0.193. The maximum Gasteiger partial charge on any atom is 0.256 e. The summed E-state index contributed by atoms with van der Waals surface area (Å²) >= 11 is 11.9. The Balaban J connectivity index is 2.10. The van der Waals surface area contributed by atoms with E-state index >= 15 is 0 Å². The maximum atomic E-state index is 12.3. The third-order valence-electron chi connectivity index (χ3n) is 3.56. The lowest BCUT2D eigenvalue weighted by Crippen LogP contribution is -2.03. The third kappa shape index (κ3) is 2.87. The fourth-order valence-corrected chi connectivity index (χ4v) is 2.74. The van der Waals surface area contributed by atoms with Crippen molar-refractivity contribution in [3.8, 4) is 11.5 Å². The Bertz CT molecular complexity index is 831. The highest BCUT2D eigenvalue weighted by atomic mass is 35.5. The first-order chi connectivity index (χ1) is 11.0. The quantitative estimate of drug-likeness (QED) is 0.829. The normalized spacial score (nSPS) is 14.6. The van der Waals surface area contributed by atoms with Gasteiger partial charge in [0.1, 0.15) is 0 Å². The monoisotopic (exact) mass is 349 g/mol. The topological polar surface area (TPSA) is 47.6 Å². The van der Waals surface area contributed by atoms with Crippen LogP contribution in [0, 0.1) is 0 Å². The molecule has 2 aromatic rings. The highest BCUT2D eigenvalue weighted by molar-refractivity contribution is 6.42. The molecule has 1 amide bonds. The first kappa shape index (κ1) is 15.7.